The second-order valence-electron chi connectivity index (χ2n) is 7.76. The van der Waals surface area contributed by atoms with Crippen LogP contribution < -0.4 is 11.1 Å². The van der Waals surface area contributed by atoms with Gasteiger partial charge >= 0.3 is 0 Å². The van der Waals surface area contributed by atoms with Crippen LogP contribution >= 0.6 is 0 Å². The van der Waals surface area contributed by atoms with Crippen molar-refractivity contribution in [2.75, 3.05) is 18.8 Å². The second-order valence-corrected chi connectivity index (χ2v) is 7.76. The number of anilines is 1. The highest BCUT2D eigenvalue weighted by Gasteiger charge is 2.25. The minimum absolute atomic E-state index is 0.0684. The van der Waals surface area contributed by atoms with Crippen LogP contribution in [0.5, 0.6) is 0 Å². The fourth-order valence-corrected chi connectivity index (χ4v) is 4.18. The van der Waals surface area contributed by atoms with Crippen LogP contribution in [-0.2, 0) is 6.54 Å². The standard InChI is InChI=1S/C23H23N7O/c1-3-29-13-27-19-10-15(5-7-20(19)29)4-6-18-21-22(17(14(2)31)12-26-23(21)24)30(28-18)16-8-9-25-11-16/h5,7,10,12-13,16,25H,3,8-9,11H2,1-2H3,(H2,24,26). The maximum absolute atomic E-state index is 12.3. The van der Waals surface area contributed by atoms with Crippen molar-refractivity contribution in [1.29, 1.82) is 0 Å². The second kappa shape index (κ2) is 7.52. The SMILES string of the molecule is CCn1cnc2cc(C#Cc3nn(C4CCNC4)c4c(C(C)=O)cnc(N)c34)ccc21. The highest BCUT2D eigenvalue weighted by atomic mass is 16.1. The Labute approximate surface area is 179 Å². The fourth-order valence-electron chi connectivity index (χ4n) is 4.18. The van der Waals surface area contributed by atoms with Gasteiger partial charge in [-0.3, -0.25) is 9.48 Å². The maximum atomic E-state index is 12.3. The van der Waals surface area contributed by atoms with Crippen LogP contribution in [0.4, 0.5) is 5.82 Å². The normalized spacial score (nSPS) is 16.0. The van der Waals surface area contributed by atoms with Crippen LogP contribution in [0.25, 0.3) is 21.9 Å². The molecular formula is C23H23N7O. The molecule has 31 heavy (non-hydrogen) atoms. The van der Waals surface area contributed by atoms with E-state index in [9.17, 15) is 4.79 Å². The molecule has 5 rings (SSSR count). The molecule has 8 heteroatoms. The number of benzene rings is 1. The first-order valence-electron chi connectivity index (χ1n) is 10.4. The summed E-state index contributed by atoms with van der Waals surface area (Å²) in [7, 11) is 0. The number of fused-ring (bicyclic) bond motifs is 2. The minimum Gasteiger partial charge on any atom is -0.383 e. The molecule has 0 bridgehead atoms. The zero-order valence-electron chi connectivity index (χ0n) is 17.5. The molecule has 3 aromatic heterocycles. The molecule has 0 aliphatic carbocycles. The third-order valence-electron chi connectivity index (χ3n) is 5.80. The summed E-state index contributed by atoms with van der Waals surface area (Å²) in [6.07, 6.45) is 4.30. The molecule has 1 saturated heterocycles. The summed E-state index contributed by atoms with van der Waals surface area (Å²) >= 11 is 0. The first-order valence-corrected chi connectivity index (χ1v) is 10.4. The number of nitrogens with one attached hydrogen (secondary N) is 1. The molecule has 1 atom stereocenters. The van der Waals surface area contributed by atoms with Crippen LogP contribution in [0.1, 0.15) is 47.9 Å². The third kappa shape index (κ3) is 3.23. The van der Waals surface area contributed by atoms with Crippen molar-refractivity contribution in [1.82, 2.24) is 29.6 Å². The van der Waals surface area contributed by atoms with Crippen molar-refractivity contribution in [2.45, 2.75) is 32.9 Å². The highest BCUT2D eigenvalue weighted by Crippen LogP contribution is 2.30. The lowest BCUT2D eigenvalue weighted by Crippen LogP contribution is -2.15. The van der Waals surface area contributed by atoms with Gasteiger partial charge in [-0.2, -0.15) is 5.10 Å². The van der Waals surface area contributed by atoms with Crippen molar-refractivity contribution >= 4 is 33.5 Å². The van der Waals surface area contributed by atoms with Crippen LogP contribution in [0.2, 0.25) is 0 Å². The predicted octanol–water partition coefficient (Wildman–Crippen LogP) is 2.52. The predicted molar refractivity (Wildman–Crippen MR) is 120 cm³/mol. The smallest absolute Gasteiger partial charge is 0.163 e. The van der Waals surface area contributed by atoms with Crippen molar-refractivity contribution < 1.29 is 4.79 Å². The van der Waals surface area contributed by atoms with E-state index in [4.69, 9.17) is 10.8 Å². The van der Waals surface area contributed by atoms with Gasteiger partial charge in [0.15, 0.2) is 5.78 Å². The van der Waals surface area contributed by atoms with Crippen LogP contribution in [0.15, 0.2) is 30.7 Å². The number of nitrogens with zero attached hydrogens (tertiary/aromatic N) is 5. The van der Waals surface area contributed by atoms with Crippen molar-refractivity contribution in [2.24, 2.45) is 0 Å². The molecule has 0 spiro atoms. The summed E-state index contributed by atoms with van der Waals surface area (Å²) in [5.74, 6) is 6.63. The maximum Gasteiger partial charge on any atom is 0.163 e. The van der Waals surface area contributed by atoms with Crippen LogP contribution in [-0.4, -0.2) is 43.2 Å². The number of carbonyl (C=O) groups excluding carboxylic acids is 1. The summed E-state index contributed by atoms with van der Waals surface area (Å²) in [5, 5.41) is 8.78. The van der Waals surface area contributed by atoms with Crippen molar-refractivity contribution in [3.05, 3.63) is 47.5 Å². The Morgan fingerprint density at radius 3 is 2.94 bits per heavy atom. The van der Waals surface area contributed by atoms with Gasteiger partial charge in [0.2, 0.25) is 0 Å². The Morgan fingerprint density at radius 2 is 2.19 bits per heavy atom. The Bertz CT molecular complexity index is 1380. The number of Topliss-reactive ketones (excluding diaryl/α,β-unsaturated/α-hetero) is 1. The van der Waals surface area contributed by atoms with Crippen LogP contribution in [0.3, 0.4) is 0 Å². The number of nitrogen functional groups attached to an aromatic ring is 1. The first kappa shape index (κ1) is 19.3. The van der Waals surface area contributed by atoms with Crippen molar-refractivity contribution in [3.63, 3.8) is 0 Å². The lowest BCUT2D eigenvalue weighted by molar-refractivity contribution is 0.101. The largest absolute Gasteiger partial charge is 0.383 e. The van der Waals surface area contributed by atoms with Gasteiger partial charge in [-0.25, -0.2) is 9.97 Å². The number of rotatable bonds is 3. The summed E-state index contributed by atoms with van der Waals surface area (Å²) in [6, 6.07) is 6.12. The molecule has 8 nitrogen and oxygen atoms in total. The van der Waals surface area contributed by atoms with E-state index in [2.05, 4.69) is 38.6 Å². The molecule has 4 aromatic rings. The van der Waals surface area contributed by atoms with E-state index in [1.54, 1.807) is 0 Å². The monoisotopic (exact) mass is 413 g/mol. The lowest BCUT2D eigenvalue weighted by Gasteiger charge is -2.12. The summed E-state index contributed by atoms with van der Waals surface area (Å²) < 4.78 is 3.99. The van der Waals surface area contributed by atoms with Gasteiger partial charge in [0, 0.05) is 24.8 Å². The molecule has 0 radical (unpaired) electrons. The number of aryl methyl sites for hydroxylation is 1. The Morgan fingerprint density at radius 1 is 1.32 bits per heavy atom. The molecule has 1 aliphatic rings. The topological polar surface area (TPSA) is 104 Å². The Hall–Kier alpha value is -3.70. The third-order valence-corrected chi connectivity index (χ3v) is 5.80. The average Bonchev–Trinajstić information content (AvgIpc) is 3.50. The van der Waals surface area contributed by atoms with Gasteiger partial charge in [-0.1, -0.05) is 5.92 Å². The van der Waals surface area contributed by atoms with Gasteiger partial charge in [0.1, 0.15) is 11.5 Å². The summed E-state index contributed by atoms with van der Waals surface area (Å²) in [4.78, 5) is 21.0. The zero-order valence-corrected chi connectivity index (χ0v) is 17.5. The van der Waals surface area contributed by atoms with Gasteiger partial charge in [-0.05, 0) is 50.9 Å². The van der Waals surface area contributed by atoms with E-state index in [0.717, 1.165) is 48.2 Å². The zero-order chi connectivity index (χ0) is 21.5. The van der Waals surface area contributed by atoms with Gasteiger partial charge in [-0.15, -0.1) is 0 Å². The van der Waals surface area contributed by atoms with E-state index < -0.39 is 0 Å². The number of carbonyl (C=O) groups is 1. The molecular weight excluding hydrogens is 390 g/mol. The number of hydrogen-bond donors (Lipinski definition) is 2. The first-order chi connectivity index (χ1) is 15.1. The number of imidazole rings is 1. The Kier molecular flexibility index (Phi) is 4.68. The van der Waals surface area contributed by atoms with Crippen LogP contribution in [0, 0.1) is 11.8 Å². The van der Waals surface area contributed by atoms with E-state index in [1.165, 1.54) is 13.1 Å². The van der Waals surface area contributed by atoms with E-state index in [0.29, 0.717) is 22.5 Å². The molecule has 4 heterocycles. The number of pyridine rings is 1. The van der Waals surface area contributed by atoms with E-state index in [-0.39, 0.29) is 11.8 Å². The number of aromatic nitrogens is 5. The van der Waals surface area contributed by atoms with E-state index >= 15 is 0 Å². The average molecular weight is 413 g/mol. The Balaban J connectivity index is 1.66. The molecule has 1 aromatic carbocycles. The molecule has 1 fully saturated rings. The van der Waals surface area contributed by atoms with Gasteiger partial charge in [0.25, 0.3) is 0 Å². The van der Waals surface area contributed by atoms with Gasteiger partial charge < -0.3 is 15.6 Å². The number of hydrogen-bond acceptors (Lipinski definition) is 6. The molecule has 3 N–H and O–H groups in total. The molecule has 1 unspecified atom stereocenters. The molecule has 156 valence electrons. The van der Waals surface area contributed by atoms with E-state index in [1.807, 2.05) is 29.2 Å². The minimum atomic E-state index is -0.0684. The van der Waals surface area contributed by atoms with Crippen molar-refractivity contribution in [3.8, 4) is 11.8 Å². The molecule has 1 aliphatic heterocycles. The number of ketones is 1. The quantitative estimate of drug-likeness (QED) is 0.395. The fraction of sp³-hybridized carbons (Fsp3) is 0.304. The summed E-state index contributed by atoms with van der Waals surface area (Å²) in [6.45, 7) is 6.19. The molecule has 0 saturated carbocycles. The highest BCUT2D eigenvalue weighted by molar-refractivity contribution is 6.09. The summed E-state index contributed by atoms with van der Waals surface area (Å²) in [5.41, 5.74) is 10.8. The van der Waals surface area contributed by atoms with Gasteiger partial charge in [0.05, 0.1) is 39.9 Å². The molecule has 0 amide bonds. The lowest BCUT2D eigenvalue weighted by atomic mass is 10.1. The number of nitrogens with two attached hydrogens (primary N) is 1.